The number of rotatable bonds is 6. The third kappa shape index (κ3) is 3.92. The summed E-state index contributed by atoms with van der Waals surface area (Å²) in [5, 5.41) is 10.4. The molecule has 1 heterocycles. The largest absolute Gasteiger partial charge is 0.503 e. The van der Waals surface area contributed by atoms with Crippen molar-refractivity contribution in [1.29, 1.82) is 0 Å². The molecule has 0 spiro atoms. The minimum atomic E-state index is -0.690. The van der Waals surface area contributed by atoms with Crippen LogP contribution in [-0.2, 0) is 9.59 Å². The monoisotopic (exact) mass is 359 g/mol. The van der Waals surface area contributed by atoms with Gasteiger partial charge in [-0.15, -0.1) is 0 Å². The fourth-order valence-corrected chi connectivity index (χ4v) is 3.11. The third-order valence-electron chi connectivity index (χ3n) is 4.26. The number of carbonyl (C=O) groups is 2. The molecule has 0 radical (unpaired) electrons. The first kappa shape index (κ1) is 20.0. The summed E-state index contributed by atoms with van der Waals surface area (Å²) in [5.74, 6) is -0.390. The molecule has 5 nitrogen and oxygen atoms in total. The van der Waals surface area contributed by atoms with E-state index in [1.54, 1.807) is 25.7 Å². The Morgan fingerprint density at radius 2 is 1.81 bits per heavy atom. The van der Waals surface area contributed by atoms with E-state index in [9.17, 15) is 14.7 Å². The normalized spacial score (nSPS) is 18.0. The van der Waals surface area contributed by atoms with Gasteiger partial charge in [-0.05, 0) is 38.0 Å². The molecule has 0 saturated heterocycles. The molecular weight excluding hydrogens is 330 g/mol. The molecule has 26 heavy (non-hydrogen) atoms. The van der Waals surface area contributed by atoms with Gasteiger partial charge in [0.25, 0.3) is 5.91 Å². The van der Waals surface area contributed by atoms with Crippen LogP contribution in [0.2, 0.25) is 0 Å². The van der Waals surface area contributed by atoms with Gasteiger partial charge in [-0.3, -0.25) is 9.59 Å². The fourth-order valence-electron chi connectivity index (χ4n) is 3.11. The van der Waals surface area contributed by atoms with Crippen LogP contribution in [0.1, 0.15) is 59.6 Å². The average molecular weight is 359 g/mol. The Hall–Kier alpha value is -2.30. The number of nitrogens with zero attached hydrogens (tertiary/aromatic N) is 1. The van der Waals surface area contributed by atoms with Gasteiger partial charge in [-0.25, -0.2) is 0 Å². The first-order valence-electron chi connectivity index (χ1n) is 9.13. The maximum atomic E-state index is 12.9. The smallest absolute Gasteiger partial charge is 0.290 e. The minimum absolute atomic E-state index is 0.0625. The molecule has 2 rings (SSSR count). The number of hydrogen-bond acceptors (Lipinski definition) is 4. The van der Waals surface area contributed by atoms with E-state index in [0.29, 0.717) is 6.54 Å². The van der Waals surface area contributed by atoms with Crippen LogP contribution in [0.5, 0.6) is 5.75 Å². The highest BCUT2D eigenvalue weighted by Gasteiger charge is 2.45. The van der Waals surface area contributed by atoms with Crippen molar-refractivity contribution in [3.63, 3.8) is 0 Å². The maximum absolute atomic E-state index is 12.9. The summed E-state index contributed by atoms with van der Waals surface area (Å²) in [6.45, 7) is 11.7. The predicted octanol–water partition coefficient (Wildman–Crippen LogP) is 4.19. The second-order valence-electron chi connectivity index (χ2n) is 7.98. The Kier molecular flexibility index (Phi) is 5.79. The zero-order chi connectivity index (χ0) is 19.6. The van der Waals surface area contributed by atoms with Crippen LogP contribution in [-0.4, -0.2) is 34.3 Å². The lowest BCUT2D eigenvalue weighted by Crippen LogP contribution is -2.33. The van der Waals surface area contributed by atoms with Crippen molar-refractivity contribution in [3.8, 4) is 5.75 Å². The van der Waals surface area contributed by atoms with E-state index in [4.69, 9.17) is 4.74 Å². The number of aliphatic hydroxyl groups excluding tert-OH is 1. The summed E-state index contributed by atoms with van der Waals surface area (Å²) < 4.78 is 5.67. The second kappa shape index (κ2) is 7.52. The predicted molar refractivity (Wildman–Crippen MR) is 101 cm³/mol. The highest BCUT2D eigenvalue weighted by atomic mass is 16.5. The second-order valence-corrected chi connectivity index (χ2v) is 7.98. The SMILES string of the molecule is CCCN1C(=O)C(O)=C(C(=O)C(C)(C)C)C1c1ccc(OC(C)C)cc1. The van der Waals surface area contributed by atoms with Crippen LogP contribution in [0, 0.1) is 5.41 Å². The molecule has 1 aliphatic heterocycles. The number of carbonyl (C=O) groups excluding carboxylic acids is 2. The lowest BCUT2D eigenvalue weighted by molar-refractivity contribution is -0.129. The van der Waals surface area contributed by atoms with Crippen LogP contribution in [0.3, 0.4) is 0 Å². The third-order valence-corrected chi connectivity index (χ3v) is 4.26. The standard InChI is InChI=1S/C21H29NO4/c1-7-12-22-17(14-8-10-15(11-9-14)26-13(2)3)16(18(23)20(22)25)19(24)21(4,5)6/h8-11,13,17,23H,7,12H2,1-6H3. The van der Waals surface area contributed by atoms with Gasteiger partial charge >= 0.3 is 0 Å². The molecule has 0 bridgehead atoms. The van der Waals surface area contributed by atoms with E-state index in [-0.39, 0.29) is 17.5 Å². The van der Waals surface area contributed by atoms with Gasteiger partial charge in [-0.1, -0.05) is 39.8 Å². The van der Waals surface area contributed by atoms with Crippen LogP contribution in [0.4, 0.5) is 0 Å². The highest BCUT2D eigenvalue weighted by Crippen LogP contribution is 2.41. The lowest BCUT2D eigenvalue weighted by Gasteiger charge is -2.28. The van der Waals surface area contributed by atoms with Crippen LogP contribution < -0.4 is 4.74 Å². The Labute approximate surface area is 155 Å². The van der Waals surface area contributed by atoms with E-state index in [1.165, 1.54) is 0 Å². The van der Waals surface area contributed by atoms with Gasteiger partial charge in [0.1, 0.15) is 5.75 Å². The molecule has 1 N–H and O–H groups in total. The zero-order valence-electron chi connectivity index (χ0n) is 16.5. The Morgan fingerprint density at radius 3 is 2.27 bits per heavy atom. The van der Waals surface area contributed by atoms with Crippen LogP contribution in [0.15, 0.2) is 35.6 Å². The van der Waals surface area contributed by atoms with Gasteiger partial charge in [0.05, 0.1) is 17.7 Å². The summed E-state index contributed by atoms with van der Waals surface area (Å²) in [7, 11) is 0. The van der Waals surface area contributed by atoms with E-state index in [0.717, 1.165) is 17.7 Å². The summed E-state index contributed by atoms with van der Waals surface area (Å²) in [6.07, 6.45) is 0.800. The zero-order valence-corrected chi connectivity index (χ0v) is 16.5. The van der Waals surface area contributed by atoms with Crippen molar-refractivity contribution in [1.82, 2.24) is 4.90 Å². The highest BCUT2D eigenvalue weighted by molar-refractivity contribution is 6.10. The molecule has 1 aromatic rings. The molecule has 1 amide bonds. The van der Waals surface area contributed by atoms with E-state index in [2.05, 4.69) is 0 Å². The van der Waals surface area contributed by atoms with Gasteiger partial charge in [0, 0.05) is 12.0 Å². The van der Waals surface area contributed by atoms with Crippen LogP contribution >= 0.6 is 0 Å². The van der Waals surface area contributed by atoms with Crippen LogP contribution in [0.25, 0.3) is 0 Å². The number of ether oxygens (including phenoxy) is 1. The van der Waals surface area contributed by atoms with E-state index >= 15 is 0 Å². The first-order chi connectivity index (χ1) is 12.1. The topological polar surface area (TPSA) is 66.8 Å². The quantitative estimate of drug-likeness (QED) is 0.827. The molecule has 0 saturated carbocycles. The average Bonchev–Trinajstić information content (AvgIpc) is 2.79. The number of aliphatic hydroxyl groups is 1. The molecule has 0 fully saturated rings. The molecule has 1 atom stereocenters. The molecular formula is C21H29NO4. The van der Waals surface area contributed by atoms with Crippen molar-refractivity contribution in [2.45, 2.75) is 60.1 Å². The fraction of sp³-hybridized carbons (Fsp3) is 0.524. The Morgan fingerprint density at radius 1 is 1.23 bits per heavy atom. The van der Waals surface area contributed by atoms with Gasteiger partial charge in [-0.2, -0.15) is 0 Å². The van der Waals surface area contributed by atoms with Crippen molar-refractivity contribution in [2.24, 2.45) is 5.41 Å². The summed E-state index contributed by atoms with van der Waals surface area (Å²) in [5.41, 5.74) is 0.290. The van der Waals surface area contributed by atoms with E-state index < -0.39 is 23.1 Å². The first-order valence-corrected chi connectivity index (χ1v) is 9.13. The number of ketones is 1. The lowest BCUT2D eigenvalue weighted by atomic mass is 9.82. The van der Waals surface area contributed by atoms with Gasteiger partial charge in [0.2, 0.25) is 0 Å². The maximum Gasteiger partial charge on any atom is 0.290 e. The van der Waals surface area contributed by atoms with Crippen molar-refractivity contribution in [3.05, 3.63) is 41.2 Å². The van der Waals surface area contributed by atoms with Crippen molar-refractivity contribution >= 4 is 11.7 Å². The van der Waals surface area contributed by atoms with Gasteiger partial charge < -0.3 is 14.7 Å². The molecule has 1 aromatic carbocycles. The molecule has 142 valence electrons. The van der Waals surface area contributed by atoms with Crippen molar-refractivity contribution in [2.75, 3.05) is 6.54 Å². The molecule has 1 aliphatic rings. The van der Waals surface area contributed by atoms with E-state index in [1.807, 2.05) is 45.0 Å². The number of Topliss-reactive ketones (excluding diaryl/α,β-unsaturated/α-hetero) is 1. The Balaban J connectivity index is 2.48. The molecule has 0 aliphatic carbocycles. The number of hydrogen-bond donors (Lipinski definition) is 1. The minimum Gasteiger partial charge on any atom is -0.503 e. The molecule has 5 heteroatoms. The summed E-state index contributed by atoms with van der Waals surface area (Å²) in [6, 6.07) is 6.80. The van der Waals surface area contributed by atoms with Gasteiger partial charge in [0.15, 0.2) is 11.5 Å². The summed E-state index contributed by atoms with van der Waals surface area (Å²) >= 11 is 0. The number of amides is 1. The number of benzene rings is 1. The molecule has 0 aromatic heterocycles. The van der Waals surface area contributed by atoms with Crippen molar-refractivity contribution < 1.29 is 19.4 Å². The summed E-state index contributed by atoms with van der Waals surface area (Å²) in [4.78, 5) is 27.1. The molecule has 1 unspecified atom stereocenters. The Bertz CT molecular complexity index is 711.